The molecule has 184 valence electrons. The lowest BCUT2D eigenvalue weighted by molar-refractivity contribution is -0.148. The van der Waals surface area contributed by atoms with Gasteiger partial charge >= 0.3 is 0 Å². The number of nitrogens with zero attached hydrogens (tertiary/aromatic N) is 6. The van der Waals surface area contributed by atoms with Crippen LogP contribution in [0, 0.1) is 17.2 Å². The number of likely N-dealkylation sites (tertiary alicyclic amines) is 1. The molecule has 0 spiro atoms. The van der Waals surface area contributed by atoms with Crippen LogP contribution in [0.5, 0.6) is 0 Å². The van der Waals surface area contributed by atoms with E-state index < -0.39 is 0 Å². The molecule has 0 aromatic carbocycles. The third-order valence-corrected chi connectivity index (χ3v) is 7.90. The van der Waals surface area contributed by atoms with E-state index in [1.165, 1.54) is 0 Å². The SMILES string of the molecule is C=Cc1cc(-c2cc(C#N)c(N3CCN(C(=O)CN4CCC4=O)[C@H](C4CC4)C3)nc2C2CC2)ccn1. The van der Waals surface area contributed by atoms with Crippen molar-refractivity contribution in [3.8, 4) is 17.2 Å². The summed E-state index contributed by atoms with van der Waals surface area (Å²) in [7, 11) is 0. The zero-order chi connectivity index (χ0) is 24.8. The fraction of sp³-hybridized carbons (Fsp3) is 0.464. The van der Waals surface area contributed by atoms with Gasteiger partial charge in [-0.15, -0.1) is 0 Å². The van der Waals surface area contributed by atoms with Crippen molar-refractivity contribution in [2.75, 3.05) is 37.6 Å². The Balaban J connectivity index is 1.29. The van der Waals surface area contributed by atoms with Gasteiger partial charge in [0.25, 0.3) is 0 Å². The first-order valence-electron chi connectivity index (χ1n) is 12.9. The van der Waals surface area contributed by atoms with E-state index >= 15 is 0 Å². The lowest BCUT2D eigenvalue weighted by Crippen LogP contribution is -2.59. The number of β-lactam (4-membered cyclic amide) rings is 1. The van der Waals surface area contributed by atoms with Gasteiger partial charge in [0, 0.05) is 50.3 Å². The molecule has 6 rings (SSSR count). The highest BCUT2D eigenvalue weighted by atomic mass is 16.2. The van der Waals surface area contributed by atoms with Crippen molar-refractivity contribution < 1.29 is 9.59 Å². The summed E-state index contributed by atoms with van der Waals surface area (Å²) in [6.07, 6.45) is 8.48. The highest BCUT2D eigenvalue weighted by Gasteiger charge is 2.42. The van der Waals surface area contributed by atoms with E-state index in [0.717, 1.165) is 54.0 Å². The third-order valence-electron chi connectivity index (χ3n) is 7.90. The van der Waals surface area contributed by atoms with Crippen LogP contribution in [0.25, 0.3) is 17.2 Å². The quantitative estimate of drug-likeness (QED) is 0.563. The molecular weight excluding hydrogens is 452 g/mol. The van der Waals surface area contributed by atoms with Crippen LogP contribution < -0.4 is 4.90 Å². The number of nitriles is 1. The van der Waals surface area contributed by atoms with E-state index in [4.69, 9.17) is 4.98 Å². The van der Waals surface area contributed by atoms with Crippen LogP contribution in [-0.4, -0.2) is 70.3 Å². The van der Waals surface area contributed by atoms with Gasteiger partial charge in [-0.2, -0.15) is 5.26 Å². The molecular formula is C28H30N6O2. The topological polar surface area (TPSA) is 93.4 Å². The maximum absolute atomic E-state index is 13.1. The van der Waals surface area contributed by atoms with Crippen molar-refractivity contribution in [1.29, 1.82) is 5.26 Å². The zero-order valence-corrected chi connectivity index (χ0v) is 20.4. The van der Waals surface area contributed by atoms with Crippen LogP contribution in [-0.2, 0) is 9.59 Å². The molecule has 4 aliphatic rings. The molecule has 0 unspecified atom stereocenters. The maximum atomic E-state index is 13.1. The minimum Gasteiger partial charge on any atom is -0.352 e. The van der Waals surface area contributed by atoms with Crippen molar-refractivity contribution in [2.24, 2.45) is 5.92 Å². The summed E-state index contributed by atoms with van der Waals surface area (Å²) in [4.78, 5) is 40.1. The summed E-state index contributed by atoms with van der Waals surface area (Å²) in [5, 5.41) is 10.1. The van der Waals surface area contributed by atoms with Gasteiger partial charge in [-0.3, -0.25) is 14.6 Å². The molecule has 8 heteroatoms. The van der Waals surface area contributed by atoms with Crippen LogP contribution >= 0.6 is 0 Å². The first-order chi connectivity index (χ1) is 17.6. The number of piperazine rings is 1. The summed E-state index contributed by atoms with van der Waals surface area (Å²) >= 11 is 0. The van der Waals surface area contributed by atoms with E-state index in [1.807, 2.05) is 23.1 Å². The van der Waals surface area contributed by atoms with Crippen molar-refractivity contribution in [2.45, 2.75) is 44.1 Å². The predicted molar refractivity (Wildman–Crippen MR) is 136 cm³/mol. The van der Waals surface area contributed by atoms with Crippen molar-refractivity contribution >= 4 is 23.7 Å². The Morgan fingerprint density at radius 1 is 1.19 bits per heavy atom. The average molecular weight is 483 g/mol. The number of amides is 2. The van der Waals surface area contributed by atoms with Crippen LogP contribution in [0.15, 0.2) is 31.0 Å². The number of hydrogen-bond donors (Lipinski definition) is 0. The fourth-order valence-corrected chi connectivity index (χ4v) is 5.45. The normalized spacial score (nSPS) is 21.7. The van der Waals surface area contributed by atoms with Gasteiger partial charge in [-0.05, 0) is 61.4 Å². The summed E-state index contributed by atoms with van der Waals surface area (Å²) in [6.45, 7) is 6.58. The number of anilines is 1. The van der Waals surface area contributed by atoms with Gasteiger partial charge < -0.3 is 14.7 Å². The minimum atomic E-state index is 0.0396. The van der Waals surface area contributed by atoms with Crippen molar-refractivity contribution in [1.82, 2.24) is 19.8 Å². The fourth-order valence-electron chi connectivity index (χ4n) is 5.45. The first kappa shape index (κ1) is 22.7. The summed E-state index contributed by atoms with van der Waals surface area (Å²) < 4.78 is 0. The number of pyridine rings is 2. The Morgan fingerprint density at radius 2 is 2.03 bits per heavy atom. The number of carbonyl (C=O) groups is 2. The summed E-state index contributed by atoms with van der Waals surface area (Å²) in [5.74, 6) is 1.72. The molecule has 36 heavy (non-hydrogen) atoms. The molecule has 2 aromatic heterocycles. The smallest absolute Gasteiger partial charge is 0.242 e. The van der Waals surface area contributed by atoms with Gasteiger partial charge in [-0.1, -0.05) is 6.58 Å². The molecule has 1 atom stereocenters. The highest BCUT2D eigenvalue weighted by Crippen LogP contribution is 2.45. The van der Waals surface area contributed by atoms with Crippen LogP contribution in [0.2, 0.25) is 0 Å². The second kappa shape index (κ2) is 9.05. The number of aromatic nitrogens is 2. The number of hydrogen-bond acceptors (Lipinski definition) is 6. The molecule has 0 radical (unpaired) electrons. The first-order valence-corrected chi connectivity index (χ1v) is 12.9. The number of rotatable bonds is 7. The molecule has 2 aliphatic carbocycles. The summed E-state index contributed by atoms with van der Waals surface area (Å²) in [5.41, 5.74) is 4.40. The second-order valence-electron chi connectivity index (χ2n) is 10.4. The van der Waals surface area contributed by atoms with Gasteiger partial charge in [-0.25, -0.2) is 4.98 Å². The molecule has 2 saturated heterocycles. The lowest BCUT2D eigenvalue weighted by Gasteiger charge is -2.43. The maximum Gasteiger partial charge on any atom is 0.242 e. The van der Waals surface area contributed by atoms with Crippen molar-refractivity contribution in [3.63, 3.8) is 0 Å². The molecule has 8 nitrogen and oxygen atoms in total. The molecule has 2 aromatic rings. The highest BCUT2D eigenvalue weighted by molar-refractivity contribution is 5.88. The average Bonchev–Trinajstić information content (AvgIpc) is 3.83. The minimum absolute atomic E-state index is 0.0396. The predicted octanol–water partition coefficient (Wildman–Crippen LogP) is 3.20. The Bertz CT molecular complexity index is 1280. The molecule has 2 aliphatic heterocycles. The molecule has 4 fully saturated rings. The molecule has 4 heterocycles. The van der Waals surface area contributed by atoms with Gasteiger partial charge in [0.05, 0.1) is 29.5 Å². The molecule has 0 bridgehead atoms. The van der Waals surface area contributed by atoms with Gasteiger partial charge in [0.15, 0.2) is 0 Å². The molecule has 2 saturated carbocycles. The lowest BCUT2D eigenvalue weighted by atomic mass is 9.98. The molecule has 0 N–H and O–H groups in total. The van der Waals surface area contributed by atoms with Crippen LogP contribution in [0.1, 0.15) is 55.0 Å². The van der Waals surface area contributed by atoms with E-state index in [1.54, 1.807) is 17.2 Å². The largest absolute Gasteiger partial charge is 0.352 e. The van der Waals surface area contributed by atoms with E-state index in [-0.39, 0.29) is 24.4 Å². The van der Waals surface area contributed by atoms with Gasteiger partial charge in [0.2, 0.25) is 11.8 Å². The Hall–Kier alpha value is -3.73. The summed E-state index contributed by atoms with van der Waals surface area (Å²) in [6, 6.07) is 8.43. The second-order valence-corrected chi connectivity index (χ2v) is 10.4. The van der Waals surface area contributed by atoms with E-state index in [2.05, 4.69) is 22.5 Å². The third kappa shape index (κ3) is 4.23. The van der Waals surface area contributed by atoms with Crippen molar-refractivity contribution in [3.05, 3.63) is 47.9 Å². The zero-order valence-electron chi connectivity index (χ0n) is 20.4. The van der Waals surface area contributed by atoms with E-state index in [9.17, 15) is 14.9 Å². The van der Waals surface area contributed by atoms with Crippen LogP contribution in [0.3, 0.4) is 0 Å². The Morgan fingerprint density at radius 3 is 2.67 bits per heavy atom. The standard InChI is InChI=1S/C28H30N6O2/c1-2-22-13-20(7-9-30-22)23-14-21(15-29)28(31-27(23)19-5-6-19)33-11-12-34(24(16-33)18-3-4-18)26(36)17-32-10-8-25(32)35/h2,7,9,13-14,18-19,24H,1,3-6,8,10-12,16-17H2/t24-/m0/s1. The Labute approximate surface area is 211 Å². The molecule has 2 amide bonds. The number of carbonyl (C=O) groups excluding carboxylic acids is 2. The van der Waals surface area contributed by atoms with Crippen LogP contribution in [0.4, 0.5) is 5.82 Å². The van der Waals surface area contributed by atoms with Gasteiger partial charge in [0.1, 0.15) is 11.9 Å². The Kier molecular flexibility index (Phi) is 5.71. The van der Waals surface area contributed by atoms with E-state index in [0.29, 0.717) is 50.0 Å². The monoisotopic (exact) mass is 482 g/mol.